The molecule has 1 aromatic carbocycles. The van der Waals surface area contributed by atoms with Gasteiger partial charge in [-0.05, 0) is 43.7 Å². The zero-order valence-corrected chi connectivity index (χ0v) is 18.9. The molecule has 0 saturated carbocycles. The summed E-state index contributed by atoms with van der Waals surface area (Å²) >= 11 is 5.96. The summed E-state index contributed by atoms with van der Waals surface area (Å²) in [5.41, 5.74) is 7.41. The molecule has 2 N–H and O–H groups in total. The van der Waals surface area contributed by atoms with Crippen molar-refractivity contribution in [1.82, 2.24) is 9.80 Å². The standard InChI is InChI=1S/C19H30ClN5O.HI/c20-17-3-5-18(6-4-17)24-9-11-25(12-10-24)19(21)22-7-1-2-8-23-13-15-26-16-14-23;/h3-6H,1-2,7-16H2,(H2,21,22);1H. The van der Waals surface area contributed by atoms with E-state index in [1.807, 2.05) is 12.1 Å². The van der Waals surface area contributed by atoms with Crippen molar-refractivity contribution >= 4 is 47.2 Å². The first-order chi connectivity index (χ1) is 12.7. The molecular formula is C19H31ClIN5O. The van der Waals surface area contributed by atoms with E-state index < -0.39 is 0 Å². The second-order valence-corrected chi connectivity index (χ2v) is 7.29. The first-order valence-electron chi connectivity index (χ1n) is 9.58. The molecule has 2 saturated heterocycles. The molecule has 0 aliphatic carbocycles. The minimum Gasteiger partial charge on any atom is -0.379 e. The summed E-state index contributed by atoms with van der Waals surface area (Å²) in [4.78, 5) is 11.6. The van der Waals surface area contributed by atoms with Crippen LogP contribution in [0.2, 0.25) is 5.02 Å². The Morgan fingerprint density at radius 2 is 1.67 bits per heavy atom. The average Bonchev–Trinajstić information content (AvgIpc) is 2.69. The van der Waals surface area contributed by atoms with Gasteiger partial charge < -0.3 is 20.3 Å². The van der Waals surface area contributed by atoms with Crippen LogP contribution in [0.5, 0.6) is 0 Å². The predicted molar refractivity (Wildman–Crippen MR) is 124 cm³/mol. The summed E-state index contributed by atoms with van der Waals surface area (Å²) in [6.45, 7) is 9.53. The number of aliphatic imine (C=N–C) groups is 1. The van der Waals surface area contributed by atoms with Crippen molar-refractivity contribution in [2.24, 2.45) is 10.7 Å². The van der Waals surface area contributed by atoms with E-state index in [1.54, 1.807) is 0 Å². The third kappa shape index (κ3) is 7.29. The first-order valence-corrected chi connectivity index (χ1v) is 9.95. The summed E-state index contributed by atoms with van der Waals surface area (Å²) in [5, 5.41) is 0.775. The Bertz CT molecular complexity index is 572. The zero-order chi connectivity index (χ0) is 18.2. The molecule has 0 amide bonds. The number of anilines is 1. The first kappa shape index (κ1) is 22.5. The maximum Gasteiger partial charge on any atom is 0.191 e. The lowest BCUT2D eigenvalue weighted by Gasteiger charge is -2.36. The normalized spacial score (nSPS) is 19.1. The minimum absolute atomic E-state index is 0. The lowest BCUT2D eigenvalue weighted by molar-refractivity contribution is 0.0373. The molecule has 0 aromatic heterocycles. The van der Waals surface area contributed by atoms with Crippen LogP contribution in [0.4, 0.5) is 5.69 Å². The number of piperazine rings is 1. The number of ether oxygens (including phenoxy) is 1. The fraction of sp³-hybridized carbons (Fsp3) is 0.632. The van der Waals surface area contributed by atoms with E-state index in [0.717, 1.165) is 77.0 Å². The summed E-state index contributed by atoms with van der Waals surface area (Å²) in [6.07, 6.45) is 2.25. The number of rotatable bonds is 6. The molecule has 8 heteroatoms. The third-order valence-electron chi connectivity index (χ3n) is 5.06. The Kier molecular flexibility index (Phi) is 9.95. The van der Waals surface area contributed by atoms with Crippen LogP contribution in [-0.2, 0) is 4.74 Å². The van der Waals surface area contributed by atoms with Crippen molar-refractivity contribution in [1.29, 1.82) is 0 Å². The number of halogens is 2. The highest BCUT2D eigenvalue weighted by Gasteiger charge is 2.18. The van der Waals surface area contributed by atoms with Crippen LogP contribution >= 0.6 is 35.6 Å². The van der Waals surface area contributed by atoms with Gasteiger partial charge in [-0.2, -0.15) is 0 Å². The molecule has 1 aromatic rings. The van der Waals surface area contributed by atoms with E-state index in [2.05, 4.69) is 31.8 Å². The molecule has 0 bridgehead atoms. The number of nitrogens with zero attached hydrogens (tertiary/aromatic N) is 4. The van der Waals surface area contributed by atoms with Gasteiger partial charge in [0.1, 0.15) is 0 Å². The lowest BCUT2D eigenvalue weighted by Crippen LogP contribution is -2.51. The van der Waals surface area contributed by atoms with Gasteiger partial charge in [-0.1, -0.05) is 11.6 Å². The summed E-state index contributed by atoms with van der Waals surface area (Å²) in [5.74, 6) is 0.687. The van der Waals surface area contributed by atoms with E-state index in [9.17, 15) is 0 Å². The SMILES string of the molecule is I.NC(=NCCCCN1CCOCC1)N1CCN(c2ccc(Cl)cc2)CC1. The van der Waals surface area contributed by atoms with Gasteiger partial charge in [0.05, 0.1) is 13.2 Å². The molecule has 2 aliphatic rings. The van der Waals surface area contributed by atoms with Gasteiger partial charge in [0, 0.05) is 56.5 Å². The molecule has 2 heterocycles. The van der Waals surface area contributed by atoms with Gasteiger partial charge >= 0.3 is 0 Å². The van der Waals surface area contributed by atoms with Crippen molar-refractivity contribution in [3.63, 3.8) is 0 Å². The number of guanidine groups is 1. The number of nitrogens with two attached hydrogens (primary N) is 1. The Morgan fingerprint density at radius 1 is 1.00 bits per heavy atom. The monoisotopic (exact) mass is 507 g/mol. The molecule has 6 nitrogen and oxygen atoms in total. The van der Waals surface area contributed by atoms with Gasteiger partial charge in [-0.15, -0.1) is 24.0 Å². The molecule has 0 radical (unpaired) electrons. The zero-order valence-electron chi connectivity index (χ0n) is 15.9. The molecule has 27 heavy (non-hydrogen) atoms. The van der Waals surface area contributed by atoms with Crippen LogP contribution in [-0.4, -0.2) is 81.3 Å². The number of morpholine rings is 1. The fourth-order valence-corrected chi connectivity index (χ4v) is 3.54. The quantitative estimate of drug-likeness (QED) is 0.278. The molecule has 3 rings (SSSR count). The second kappa shape index (κ2) is 11.9. The topological polar surface area (TPSA) is 57.3 Å². The molecule has 0 unspecified atom stereocenters. The van der Waals surface area contributed by atoms with E-state index in [4.69, 9.17) is 22.1 Å². The highest BCUT2D eigenvalue weighted by molar-refractivity contribution is 14.0. The number of benzene rings is 1. The largest absolute Gasteiger partial charge is 0.379 e. The van der Waals surface area contributed by atoms with E-state index in [0.29, 0.717) is 5.96 Å². The van der Waals surface area contributed by atoms with E-state index >= 15 is 0 Å². The minimum atomic E-state index is 0. The van der Waals surface area contributed by atoms with Crippen molar-refractivity contribution in [3.05, 3.63) is 29.3 Å². The molecule has 2 aliphatic heterocycles. The van der Waals surface area contributed by atoms with Crippen molar-refractivity contribution in [2.75, 3.05) is 70.5 Å². The summed E-state index contributed by atoms with van der Waals surface area (Å²) in [6, 6.07) is 8.03. The highest BCUT2D eigenvalue weighted by Crippen LogP contribution is 2.19. The number of hydrogen-bond acceptors (Lipinski definition) is 4. The van der Waals surface area contributed by atoms with Crippen molar-refractivity contribution < 1.29 is 4.74 Å². The Morgan fingerprint density at radius 3 is 2.33 bits per heavy atom. The summed E-state index contributed by atoms with van der Waals surface area (Å²) < 4.78 is 5.37. The predicted octanol–water partition coefficient (Wildman–Crippen LogP) is 2.51. The summed E-state index contributed by atoms with van der Waals surface area (Å²) in [7, 11) is 0. The smallest absolute Gasteiger partial charge is 0.191 e. The highest BCUT2D eigenvalue weighted by atomic mass is 127. The molecular weight excluding hydrogens is 477 g/mol. The Balaban J connectivity index is 0.00000261. The van der Waals surface area contributed by atoms with Gasteiger partial charge in [-0.3, -0.25) is 9.89 Å². The van der Waals surface area contributed by atoms with E-state index in [1.165, 1.54) is 12.1 Å². The maximum absolute atomic E-state index is 6.19. The van der Waals surface area contributed by atoms with Crippen molar-refractivity contribution in [3.8, 4) is 0 Å². The molecule has 152 valence electrons. The molecule has 0 atom stereocenters. The molecule has 2 fully saturated rings. The Labute approximate surface area is 184 Å². The third-order valence-corrected chi connectivity index (χ3v) is 5.31. The Hall–Kier alpha value is -0.770. The van der Waals surface area contributed by atoms with Crippen LogP contribution in [0, 0.1) is 0 Å². The van der Waals surface area contributed by atoms with Gasteiger partial charge in [0.2, 0.25) is 0 Å². The van der Waals surface area contributed by atoms with Crippen LogP contribution in [0.1, 0.15) is 12.8 Å². The van der Waals surface area contributed by atoms with Crippen LogP contribution < -0.4 is 10.6 Å². The van der Waals surface area contributed by atoms with Gasteiger partial charge in [0.25, 0.3) is 0 Å². The fourth-order valence-electron chi connectivity index (χ4n) is 3.41. The molecule has 0 spiro atoms. The van der Waals surface area contributed by atoms with Crippen LogP contribution in [0.3, 0.4) is 0 Å². The number of hydrogen-bond donors (Lipinski definition) is 1. The van der Waals surface area contributed by atoms with E-state index in [-0.39, 0.29) is 24.0 Å². The van der Waals surface area contributed by atoms with Gasteiger partial charge in [-0.25, -0.2) is 0 Å². The van der Waals surface area contributed by atoms with Crippen LogP contribution in [0.15, 0.2) is 29.3 Å². The van der Waals surface area contributed by atoms with Crippen molar-refractivity contribution in [2.45, 2.75) is 12.8 Å². The maximum atomic E-state index is 6.19. The average molecular weight is 508 g/mol. The lowest BCUT2D eigenvalue weighted by atomic mass is 10.2. The van der Waals surface area contributed by atoms with Crippen LogP contribution in [0.25, 0.3) is 0 Å². The second-order valence-electron chi connectivity index (χ2n) is 6.85. The number of unbranched alkanes of at least 4 members (excludes halogenated alkanes) is 1. The van der Waals surface area contributed by atoms with Gasteiger partial charge in [0.15, 0.2) is 5.96 Å².